The van der Waals surface area contributed by atoms with Gasteiger partial charge in [-0.05, 0) is 37.1 Å². The maximum Gasteiger partial charge on any atom is 0.0762 e. The number of nitrogens with one attached hydrogen (secondary N) is 1. The minimum atomic E-state index is -0.390. The van der Waals surface area contributed by atoms with Gasteiger partial charge in [-0.25, -0.2) is 0 Å². The van der Waals surface area contributed by atoms with Gasteiger partial charge in [0.05, 0.1) is 6.10 Å². The Morgan fingerprint density at radius 1 is 1.38 bits per heavy atom. The lowest BCUT2D eigenvalue weighted by atomic mass is 10.1. The second kappa shape index (κ2) is 2.89. The Labute approximate surface area is 77.2 Å². The van der Waals surface area contributed by atoms with Crippen LogP contribution in [0.4, 0.5) is 0 Å². The van der Waals surface area contributed by atoms with E-state index >= 15 is 0 Å². The van der Waals surface area contributed by atoms with Crippen molar-refractivity contribution in [2.75, 3.05) is 0 Å². The highest BCUT2D eigenvalue weighted by molar-refractivity contribution is 5.83. The first kappa shape index (κ1) is 8.32. The van der Waals surface area contributed by atoms with Gasteiger partial charge in [0, 0.05) is 17.1 Å². The summed E-state index contributed by atoms with van der Waals surface area (Å²) in [4.78, 5) is 3.17. The first-order chi connectivity index (χ1) is 6.18. The third-order valence-electron chi connectivity index (χ3n) is 2.40. The van der Waals surface area contributed by atoms with Crippen LogP contribution < -0.4 is 0 Å². The molecule has 1 unspecified atom stereocenters. The molecular formula is C11H13NO. The van der Waals surface area contributed by atoms with E-state index in [4.69, 9.17) is 0 Å². The van der Waals surface area contributed by atoms with Crippen LogP contribution in [0.1, 0.15) is 24.2 Å². The molecule has 0 radical (unpaired) electrons. The Morgan fingerprint density at radius 2 is 2.15 bits per heavy atom. The first-order valence-electron chi connectivity index (χ1n) is 4.44. The van der Waals surface area contributed by atoms with E-state index < -0.39 is 6.10 Å². The molecule has 1 aromatic heterocycles. The number of aliphatic hydroxyl groups is 1. The maximum atomic E-state index is 9.40. The van der Waals surface area contributed by atoms with E-state index in [2.05, 4.69) is 11.9 Å². The predicted octanol–water partition coefficient (Wildman–Crippen LogP) is 2.53. The number of aromatic nitrogens is 1. The quantitative estimate of drug-likeness (QED) is 0.686. The first-order valence-corrected chi connectivity index (χ1v) is 4.44. The third kappa shape index (κ3) is 1.33. The molecule has 1 aromatic carbocycles. The van der Waals surface area contributed by atoms with Gasteiger partial charge in [0.1, 0.15) is 0 Å². The summed E-state index contributed by atoms with van der Waals surface area (Å²) in [5.41, 5.74) is 3.31. The molecule has 0 saturated heterocycles. The number of hydrogen-bond donors (Lipinski definition) is 2. The van der Waals surface area contributed by atoms with Gasteiger partial charge in [-0.3, -0.25) is 0 Å². The second-order valence-electron chi connectivity index (χ2n) is 3.45. The van der Waals surface area contributed by atoms with Crippen LogP contribution in [0.3, 0.4) is 0 Å². The van der Waals surface area contributed by atoms with Gasteiger partial charge in [0.2, 0.25) is 0 Å². The molecule has 0 aliphatic carbocycles. The van der Waals surface area contributed by atoms with E-state index in [0.717, 1.165) is 11.1 Å². The summed E-state index contributed by atoms with van der Waals surface area (Å²) < 4.78 is 0. The van der Waals surface area contributed by atoms with E-state index in [1.165, 1.54) is 10.9 Å². The number of H-pyrrole nitrogens is 1. The lowest BCUT2D eigenvalue weighted by Gasteiger charge is -2.04. The number of fused-ring (bicyclic) bond motifs is 1. The maximum absolute atomic E-state index is 9.40. The minimum Gasteiger partial charge on any atom is -0.389 e. The van der Waals surface area contributed by atoms with E-state index in [9.17, 15) is 5.11 Å². The van der Waals surface area contributed by atoms with Crippen molar-refractivity contribution in [3.05, 3.63) is 35.5 Å². The van der Waals surface area contributed by atoms with Crippen molar-refractivity contribution in [2.24, 2.45) is 0 Å². The lowest BCUT2D eigenvalue weighted by molar-refractivity contribution is 0.199. The molecule has 0 saturated carbocycles. The average Bonchev–Trinajstić information content (AvgIpc) is 2.47. The molecule has 0 aliphatic heterocycles. The minimum absolute atomic E-state index is 0.390. The van der Waals surface area contributed by atoms with Crippen LogP contribution in [0.2, 0.25) is 0 Å². The molecule has 2 aromatic rings. The van der Waals surface area contributed by atoms with E-state index in [1.54, 1.807) is 6.92 Å². The number of aliphatic hydroxyl groups excluding tert-OH is 1. The van der Waals surface area contributed by atoms with Gasteiger partial charge in [0.15, 0.2) is 0 Å². The van der Waals surface area contributed by atoms with Crippen molar-refractivity contribution in [2.45, 2.75) is 20.0 Å². The molecule has 68 valence electrons. The normalized spacial score (nSPS) is 13.5. The van der Waals surface area contributed by atoms with Crippen LogP contribution in [-0.4, -0.2) is 10.1 Å². The van der Waals surface area contributed by atoms with Gasteiger partial charge in [-0.15, -0.1) is 0 Å². The Hall–Kier alpha value is -1.28. The Bertz CT molecular complexity index is 429. The standard InChI is InChI=1S/C11H13NO/c1-7-6-12-11-4-3-9(8(2)13)5-10(7)11/h3-6,8,12-13H,1-2H3. The highest BCUT2D eigenvalue weighted by Gasteiger charge is 2.04. The summed E-state index contributed by atoms with van der Waals surface area (Å²) in [5, 5.41) is 10.6. The summed E-state index contributed by atoms with van der Waals surface area (Å²) in [6.07, 6.45) is 1.59. The smallest absolute Gasteiger partial charge is 0.0762 e. The summed E-state index contributed by atoms with van der Waals surface area (Å²) in [7, 11) is 0. The average molecular weight is 175 g/mol. The molecule has 2 heteroatoms. The van der Waals surface area contributed by atoms with Crippen LogP contribution in [-0.2, 0) is 0 Å². The Balaban J connectivity index is 2.66. The fraction of sp³-hybridized carbons (Fsp3) is 0.273. The van der Waals surface area contributed by atoms with Crippen molar-refractivity contribution in [1.29, 1.82) is 0 Å². The van der Waals surface area contributed by atoms with Gasteiger partial charge in [-0.2, -0.15) is 0 Å². The largest absolute Gasteiger partial charge is 0.389 e. The molecule has 2 nitrogen and oxygen atoms in total. The van der Waals surface area contributed by atoms with Crippen LogP contribution in [0.25, 0.3) is 10.9 Å². The fourth-order valence-corrected chi connectivity index (χ4v) is 1.54. The molecule has 1 atom stereocenters. The van der Waals surface area contributed by atoms with Gasteiger partial charge >= 0.3 is 0 Å². The molecule has 0 fully saturated rings. The zero-order valence-corrected chi connectivity index (χ0v) is 7.83. The predicted molar refractivity (Wildman–Crippen MR) is 53.7 cm³/mol. The summed E-state index contributed by atoms with van der Waals surface area (Å²) in [6, 6.07) is 5.99. The highest BCUT2D eigenvalue weighted by Crippen LogP contribution is 2.22. The fourth-order valence-electron chi connectivity index (χ4n) is 1.54. The highest BCUT2D eigenvalue weighted by atomic mass is 16.3. The molecule has 0 amide bonds. The number of rotatable bonds is 1. The van der Waals surface area contributed by atoms with Crippen molar-refractivity contribution in [3.8, 4) is 0 Å². The SMILES string of the molecule is Cc1c[nH]c2ccc(C(C)O)cc12. The summed E-state index contributed by atoms with van der Waals surface area (Å²) in [6.45, 7) is 3.84. The molecule has 2 rings (SSSR count). The van der Waals surface area contributed by atoms with Crippen molar-refractivity contribution < 1.29 is 5.11 Å². The number of aromatic amines is 1. The van der Waals surface area contributed by atoms with Crippen LogP contribution >= 0.6 is 0 Å². The van der Waals surface area contributed by atoms with Gasteiger partial charge in [-0.1, -0.05) is 6.07 Å². The molecule has 0 spiro atoms. The summed E-state index contributed by atoms with van der Waals surface area (Å²) in [5.74, 6) is 0. The second-order valence-corrected chi connectivity index (χ2v) is 3.45. The van der Waals surface area contributed by atoms with Gasteiger partial charge in [0.25, 0.3) is 0 Å². The van der Waals surface area contributed by atoms with Crippen LogP contribution in [0, 0.1) is 6.92 Å². The number of aryl methyl sites for hydroxylation is 1. The molecule has 0 bridgehead atoms. The lowest BCUT2D eigenvalue weighted by Crippen LogP contribution is -1.89. The Kier molecular flexibility index (Phi) is 1.85. The van der Waals surface area contributed by atoms with Crippen LogP contribution in [0.15, 0.2) is 24.4 Å². The molecular weight excluding hydrogens is 162 g/mol. The topological polar surface area (TPSA) is 36.0 Å². The summed E-state index contributed by atoms with van der Waals surface area (Å²) >= 11 is 0. The molecule has 1 heterocycles. The van der Waals surface area contributed by atoms with E-state index in [0.29, 0.717) is 0 Å². The third-order valence-corrected chi connectivity index (χ3v) is 2.40. The van der Waals surface area contributed by atoms with Crippen molar-refractivity contribution in [1.82, 2.24) is 4.98 Å². The zero-order chi connectivity index (χ0) is 9.42. The van der Waals surface area contributed by atoms with Crippen molar-refractivity contribution >= 4 is 10.9 Å². The molecule has 13 heavy (non-hydrogen) atoms. The Morgan fingerprint density at radius 3 is 2.85 bits per heavy atom. The molecule has 0 aliphatic rings. The number of benzene rings is 1. The van der Waals surface area contributed by atoms with Crippen molar-refractivity contribution in [3.63, 3.8) is 0 Å². The zero-order valence-electron chi connectivity index (χ0n) is 7.83. The molecule has 2 N–H and O–H groups in total. The van der Waals surface area contributed by atoms with Crippen LogP contribution in [0.5, 0.6) is 0 Å². The monoisotopic (exact) mass is 175 g/mol. The van der Waals surface area contributed by atoms with E-state index in [-0.39, 0.29) is 0 Å². The number of hydrogen-bond acceptors (Lipinski definition) is 1. The van der Waals surface area contributed by atoms with E-state index in [1.807, 2.05) is 24.4 Å². The van der Waals surface area contributed by atoms with Gasteiger partial charge < -0.3 is 10.1 Å².